The van der Waals surface area contributed by atoms with Crippen molar-refractivity contribution in [1.29, 1.82) is 0 Å². The second-order valence-corrected chi connectivity index (χ2v) is 8.39. The van der Waals surface area contributed by atoms with Gasteiger partial charge in [0, 0.05) is 44.8 Å². The molecule has 1 atom stereocenters. The van der Waals surface area contributed by atoms with Crippen molar-refractivity contribution in [3.63, 3.8) is 0 Å². The molecular weight excluding hydrogens is 399 g/mol. The van der Waals surface area contributed by atoms with Crippen LogP contribution in [0.5, 0.6) is 0 Å². The maximum atomic E-state index is 12.8. The van der Waals surface area contributed by atoms with Gasteiger partial charge in [-0.1, -0.05) is 23.2 Å². The molecule has 0 spiro atoms. The highest BCUT2D eigenvalue weighted by Crippen LogP contribution is 2.25. The van der Waals surface area contributed by atoms with Crippen molar-refractivity contribution < 1.29 is 9.59 Å². The van der Waals surface area contributed by atoms with Crippen molar-refractivity contribution in [2.45, 2.75) is 25.3 Å². The first-order chi connectivity index (χ1) is 13.5. The van der Waals surface area contributed by atoms with E-state index in [4.69, 9.17) is 23.2 Å². The maximum absolute atomic E-state index is 12.8. The summed E-state index contributed by atoms with van der Waals surface area (Å²) in [6.07, 6.45) is 2.44. The Morgan fingerprint density at radius 2 is 1.86 bits per heavy atom. The van der Waals surface area contributed by atoms with Crippen LogP contribution in [0.3, 0.4) is 0 Å². The van der Waals surface area contributed by atoms with Gasteiger partial charge in [-0.25, -0.2) is 0 Å². The number of likely N-dealkylation sites (N-methyl/N-ethyl adjacent to an activating group) is 1. The van der Waals surface area contributed by atoms with Gasteiger partial charge in [0.1, 0.15) is 6.04 Å². The molecule has 2 aliphatic rings. The first-order valence-electron chi connectivity index (χ1n) is 9.90. The van der Waals surface area contributed by atoms with Gasteiger partial charge in [0.15, 0.2) is 0 Å². The van der Waals surface area contributed by atoms with Crippen molar-refractivity contribution >= 4 is 35.0 Å². The van der Waals surface area contributed by atoms with Crippen LogP contribution < -0.4 is 5.32 Å². The molecule has 3 rings (SSSR count). The fourth-order valence-electron chi connectivity index (χ4n) is 3.78. The zero-order valence-electron chi connectivity index (χ0n) is 16.3. The summed E-state index contributed by atoms with van der Waals surface area (Å²) in [4.78, 5) is 31.9. The highest BCUT2D eigenvalue weighted by atomic mass is 35.5. The number of hydrogen-bond acceptors (Lipinski definition) is 4. The molecular formula is C20H28Cl2N4O2. The number of amides is 2. The average molecular weight is 427 g/mol. The van der Waals surface area contributed by atoms with E-state index in [-0.39, 0.29) is 11.8 Å². The first-order valence-corrected chi connectivity index (χ1v) is 10.7. The number of likely N-dealkylation sites (tertiary alicyclic amines) is 1. The van der Waals surface area contributed by atoms with Crippen LogP contribution in [0.2, 0.25) is 10.0 Å². The molecule has 2 aliphatic heterocycles. The Labute approximate surface area is 176 Å². The molecule has 1 aromatic rings. The van der Waals surface area contributed by atoms with Gasteiger partial charge in [0.05, 0.1) is 10.0 Å². The SMILES string of the molecule is CN1CCN(CCCNC(=O)C2CCCN2C(=O)c2ccc(Cl)c(Cl)c2)CC1. The predicted octanol–water partition coefficient (Wildman–Crippen LogP) is 2.35. The third-order valence-corrected chi connectivity index (χ3v) is 6.27. The fraction of sp³-hybridized carbons (Fsp3) is 0.600. The van der Waals surface area contributed by atoms with Crippen LogP contribution in [0.4, 0.5) is 0 Å². The maximum Gasteiger partial charge on any atom is 0.254 e. The van der Waals surface area contributed by atoms with Crippen molar-refractivity contribution in [3.8, 4) is 0 Å². The van der Waals surface area contributed by atoms with Crippen LogP contribution >= 0.6 is 23.2 Å². The van der Waals surface area contributed by atoms with Gasteiger partial charge in [-0.05, 0) is 51.1 Å². The van der Waals surface area contributed by atoms with Gasteiger partial charge in [-0.15, -0.1) is 0 Å². The number of hydrogen-bond donors (Lipinski definition) is 1. The molecule has 2 heterocycles. The number of nitrogens with one attached hydrogen (secondary N) is 1. The predicted molar refractivity (Wildman–Crippen MR) is 112 cm³/mol. The van der Waals surface area contributed by atoms with E-state index < -0.39 is 6.04 Å². The largest absolute Gasteiger partial charge is 0.354 e. The average Bonchev–Trinajstić information content (AvgIpc) is 3.18. The van der Waals surface area contributed by atoms with Crippen LogP contribution in [-0.2, 0) is 4.79 Å². The summed E-state index contributed by atoms with van der Waals surface area (Å²) in [6, 6.07) is 4.42. The van der Waals surface area contributed by atoms with E-state index in [2.05, 4.69) is 22.2 Å². The Bertz CT molecular complexity index is 707. The van der Waals surface area contributed by atoms with Crippen LogP contribution in [0.15, 0.2) is 18.2 Å². The highest BCUT2D eigenvalue weighted by Gasteiger charge is 2.34. The molecule has 0 aromatic heterocycles. The fourth-order valence-corrected chi connectivity index (χ4v) is 4.08. The quantitative estimate of drug-likeness (QED) is 0.709. The summed E-state index contributed by atoms with van der Waals surface area (Å²) < 4.78 is 0. The Morgan fingerprint density at radius 3 is 2.57 bits per heavy atom. The molecule has 8 heteroatoms. The number of halogens is 2. The third kappa shape index (κ3) is 5.38. The molecule has 0 aliphatic carbocycles. The first kappa shape index (κ1) is 21.4. The Kier molecular flexibility index (Phi) is 7.57. The topological polar surface area (TPSA) is 55.9 Å². The Morgan fingerprint density at radius 1 is 1.11 bits per heavy atom. The molecule has 1 N–H and O–H groups in total. The number of piperazine rings is 1. The molecule has 2 amide bonds. The lowest BCUT2D eigenvalue weighted by atomic mass is 10.1. The molecule has 6 nitrogen and oxygen atoms in total. The normalized spacial score (nSPS) is 21.1. The highest BCUT2D eigenvalue weighted by molar-refractivity contribution is 6.42. The summed E-state index contributed by atoms with van der Waals surface area (Å²) in [5.74, 6) is -0.238. The number of benzene rings is 1. The summed E-state index contributed by atoms with van der Waals surface area (Å²) in [7, 11) is 2.14. The standard InChI is InChI=1S/C20H28Cl2N4O2/c1-24-10-12-25(13-11-24)8-3-7-23-19(27)18-4-2-9-26(18)20(28)15-5-6-16(21)17(22)14-15/h5-6,14,18H,2-4,7-13H2,1H3,(H,23,27). The van der Waals surface area contributed by atoms with E-state index >= 15 is 0 Å². The lowest BCUT2D eigenvalue weighted by Crippen LogP contribution is -2.47. The van der Waals surface area contributed by atoms with Crippen molar-refractivity contribution in [2.24, 2.45) is 0 Å². The molecule has 0 bridgehead atoms. The van der Waals surface area contributed by atoms with Crippen LogP contribution in [0, 0.1) is 0 Å². The van der Waals surface area contributed by atoms with Gasteiger partial charge < -0.3 is 20.0 Å². The summed E-state index contributed by atoms with van der Waals surface area (Å²) in [6.45, 7) is 6.57. The molecule has 1 aromatic carbocycles. The van der Waals surface area contributed by atoms with Gasteiger partial charge in [-0.2, -0.15) is 0 Å². The summed E-state index contributed by atoms with van der Waals surface area (Å²) in [5.41, 5.74) is 0.462. The zero-order valence-corrected chi connectivity index (χ0v) is 17.8. The molecule has 0 saturated carbocycles. The van der Waals surface area contributed by atoms with Gasteiger partial charge in [-0.3, -0.25) is 9.59 Å². The summed E-state index contributed by atoms with van der Waals surface area (Å²) >= 11 is 12.0. The zero-order chi connectivity index (χ0) is 20.1. The van der Waals surface area contributed by atoms with Crippen molar-refractivity contribution in [3.05, 3.63) is 33.8 Å². The summed E-state index contributed by atoms with van der Waals surface area (Å²) in [5, 5.41) is 3.77. The van der Waals surface area contributed by atoms with E-state index in [1.165, 1.54) is 0 Å². The van der Waals surface area contributed by atoms with Crippen LogP contribution in [-0.4, -0.2) is 85.4 Å². The minimum absolute atomic E-state index is 0.0655. The van der Waals surface area contributed by atoms with Crippen molar-refractivity contribution in [2.75, 3.05) is 52.9 Å². The van der Waals surface area contributed by atoms with Crippen LogP contribution in [0.25, 0.3) is 0 Å². The minimum atomic E-state index is -0.411. The Hall–Kier alpha value is -1.34. The van der Waals surface area contributed by atoms with Gasteiger partial charge >= 0.3 is 0 Å². The van der Waals surface area contributed by atoms with Gasteiger partial charge in [0.25, 0.3) is 5.91 Å². The third-order valence-electron chi connectivity index (χ3n) is 5.53. The molecule has 2 saturated heterocycles. The van der Waals surface area contributed by atoms with Crippen molar-refractivity contribution in [1.82, 2.24) is 20.0 Å². The van der Waals surface area contributed by atoms with E-state index in [1.54, 1.807) is 23.1 Å². The van der Waals surface area contributed by atoms with Crippen LogP contribution in [0.1, 0.15) is 29.6 Å². The Balaban J connectivity index is 1.47. The number of carbonyl (C=O) groups is 2. The second kappa shape index (κ2) is 9.92. The van der Waals surface area contributed by atoms with E-state index in [0.29, 0.717) is 35.1 Å². The van der Waals surface area contributed by atoms with Gasteiger partial charge in [0.2, 0.25) is 5.91 Å². The number of rotatable bonds is 6. The molecule has 28 heavy (non-hydrogen) atoms. The molecule has 1 unspecified atom stereocenters. The lowest BCUT2D eigenvalue weighted by molar-refractivity contribution is -0.124. The molecule has 154 valence electrons. The van der Waals surface area contributed by atoms with E-state index in [1.807, 2.05) is 0 Å². The monoisotopic (exact) mass is 426 g/mol. The smallest absolute Gasteiger partial charge is 0.254 e. The lowest BCUT2D eigenvalue weighted by Gasteiger charge is -2.32. The molecule has 0 radical (unpaired) electrons. The number of carbonyl (C=O) groups excluding carboxylic acids is 2. The minimum Gasteiger partial charge on any atom is -0.354 e. The molecule has 2 fully saturated rings. The van der Waals surface area contributed by atoms with E-state index in [0.717, 1.165) is 45.6 Å². The second-order valence-electron chi connectivity index (χ2n) is 7.57. The van der Waals surface area contributed by atoms with E-state index in [9.17, 15) is 9.59 Å². The number of nitrogens with zero attached hydrogens (tertiary/aromatic N) is 3.